The van der Waals surface area contributed by atoms with Crippen molar-refractivity contribution in [2.75, 3.05) is 17.6 Å². The topological polar surface area (TPSA) is 38.0 Å². The summed E-state index contributed by atoms with van der Waals surface area (Å²) in [5.74, 6) is 0.471. The van der Waals surface area contributed by atoms with E-state index in [1.165, 1.54) is 25.3 Å². The van der Waals surface area contributed by atoms with E-state index in [1.807, 2.05) is 0 Å². The third-order valence-corrected chi connectivity index (χ3v) is 3.18. The minimum absolute atomic E-state index is 0.110. The van der Waals surface area contributed by atoms with E-state index in [2.05, 4.69) is 5.32 Å². The fraction of sp³-hybridized carbons (Fsp3) is 0.500. The molecule has 4 heteroatoms. The molecule has 3 N–H and O–H groups in total. The van der Waals surface area contributed by atoms with E-state index in [1.54, 1.807) is 6.07 Å². The molecule has 0 atom stereocenters. The minimum atomic E-state index is -0.470. The smallest absolute Gasteiger partial charge is 0.143 e. The Morgan fingerprint density at radius 3 is 2.88 bits per heavy atom. The number of rotatable bonds is 5. The van der Waals surface area contributed by atoms with Crippen LogP contribution in [0.3, 0.4) is 0 Å². The first-order valence-electron chi connectivity index (χ1n) is 5.65. The fourth-order valence-electron chi connectivity index (χ4n) is 1.74. The van der Waals surface area contributed by atoms with Gasteiger partial charge in [0, 0.05) is 12.6 Å². The van der Waals surface area contributed by atoms with E-state index in [0.717, 1.165) is 24.6 Å². The monoisotopic (exact) mass is 242 g/mol. The number of benzene rings is 1. The van der Waals surface area contributed by atoms with Gasteiger partial charge in [0.2, 0.25) is 0 Å². The maximum atomic E-state index is 13.0. The summed E-state index contributed by atoms with van der Waals surface area (Å²) in [6.45, 7) is 0.864. The Hall–Kier alpha value is -0.960. The molecule has 1 aromatic rings. The van der Waals surface area contributed by atoms with Crippen LogP contribution in [0.4, 0.5) is 15.8 Å². The van der Waals surface area contributed by atoms with Gasteiger partial charge in [0.15, 0.2) is 0 Å². The molecule has 0 bridgehead atoms. The van der Waals surface area contributed by atoms with Crippen LogP contribution in [0.25, 0.3) is 0 Å². The molecule has 0 amide bonds. The zero-order valence-corrected chi connectivity index (χ0v) is 9.86. The lowest BCUT2D eigenvalue weighted by molar-refractivity contribution is 0.629. The van der Waals surface area contributed by atoms with Crippen LogP contribution in [0.15, 0.2) is 12.1 Å². The van der Waals surface area contributed by atoms with Gasteiger partial charge in [-0.15, -0.1) is 0 Å². The molecule has 0 aliphatic heterocycles. The highest BCUT2D eigenvalue weighted by molar-refractivity contribution is 6.31. The van der Waals surface area contributed by atoms with Gasteiger partial charge >= 0.3 is 0 Å². The predicted octanol–water partition coefficient (Wildman–Crippen LogP) is 3.66. The molecule has 2 rings (SSSR count). The lowest BCUT2D eigenvalue weighted by atomic mass is 10.2. The third-order valence-electron chi connectivity index (χ3n) is 2.89. The van der Waals surface area contributed by atoms with Crippen LogP contribution in [0.5, 0.6) is 0 Å². The van der Waals surface area contributed by atoms with Crippen LogP contribution in [0, 0.1) is 11.7 Å². The Morgan fingerprint density at radius 2 is 2.19 bits per heavy atom. The van der Waals surface area contributed by atoms with Crippen molar-refractivity contribution in [3.63, 3.8) is 0 Å². The number of nitrogens with two attached hydrogens (primary N) is 1. The predicted molar refractivity (Wildman–Crippen MR) is 66.3 cm³/mol. The molecule has 88 valence electrons. The Kier molecular flexibility index (Phi) is 3.54. The molecule has 0 aromatic heterocycles. The minimum Gasteiger partial charge on any atom is -0.397 e. The Labute approximate surface area is 100.0 Å². The van der Waals surface area contributed by atoms with Crippen LogP contribution in [-0.4, -0.2) is 6.54 Å². The van der Waals surface area contributed by atoms with Gasteiger partial charge in [-0.05, 0) is 24.8 Å². The second kappa shape index (κ2) is 4.91. The van der Waals surface area contributed by atoms with Gasteiger partial charge < -0.3 is 11.1 Å². The first-order chi connectivity index (χ1) is 7.66. The molecule has 0 radical (unpaired) electrons. The molecule has 16 heavy (non-hydrogen) atoms. The van der Waals surface area contributed by atoms with Crippen molar-refractivity contribution < 1.29 is 4.39 Å². The molecule has 1 aliphatic carbocycles. The van der Waals surface area contributed by atoms with Crippen LogP contribution >= 0.6 is 11.6 Å². The first-order valence-corrected chi connectivity index (χ1v) is 6.03. The molecule has 0 saturated heterocycles. The zero-order chi connectivity index (χ0) is 11.5. The number of nitrogens with one attached hydrogen (secondary N) is 1. The Balaban J connectivity index is 1.85. The van der Waals surface area contributed by atoms with Crippen molar-refractivity contribution in [2.24, 2.45) is 5.92 Å². The molecule has 0 heterocycles. The van der Waals surface area contributed by atoms with E-state index < -0.39 is 5.82 Å². The third kappa shape index (κ3) is 3.01. The summed E-state index contributed by atoms with van der Waals surface area (Å²) in [5.41, 5.74) is 6.82. The van der Waals surface area contributed by atoms with Crippen LogP contribution in [0.1, 0.15) is 25.7 Å². The van der Waals surface area contributed by atoms with Gasteiger partial charge in [0.1, 0.15) is 5.82 Å². The van der Waals surface area contributed by atoms with Crippen molar-refractivity contribution >= 4 is 23.0 Å². The van der Waals surface area contributed by atoms with Crippen LogP contribution in [0.2, 0.25) is 5.02 Å². The molecule has 2 nitrogen and oxygen atoms in total. The molecule has 0 spiro atoms. The number of halogens is 2. The van der Waals surface area contributed by atoms with E-state index in [-0.39, 0.29) is 5.02 Å². The summed E-state index contributed by atoms with van der Waals surface area (Å²) >= 11 is 5.69. The second-order valence-electron chi connectivity index (χ2n) is 4.37. The maximum Gasteiger partial charge on any atom is 0.143 e. The lowest BCUT2D eigenvalue weighted by Crippen LogP contribution is -2.05. The maximum absolute atomic E-state index is 13.0. The van der Waals surface area contributed by atoms with Crippen molar-refractivity contribution in [1.82, 2.24) is 0 Å². The van der Waals surface area contributed by atoms with Gasteiger partial charge in [-0.25, -0.2) is 4.39 Å². The molecular formula is C12H16ClFN2. The molecule has 1 saturated carbocycles. The Morgan fingerprint density at radius 1 is 1.44 bits per heavy atom. The summed E-state index contributed by atoms with van der Waals surface area (Å²) in [7, 11) is 0. The highest BCUT2D eigenvalue weighted by Gasteiger charge is 2.19. The average Bonchev–Trinajstić information content (AvgIpc) is 3.04. The highest BCUT2D eigenvalue weighted by atomic mass is 35.5. The number of nitrogen functional groups attached to an aromatic ring is 1. The Bertz CT molecular complexity index is 378. The number of hydrogen-bond donors (Lipinski definition) is 2. The SMILES string of the molecule is Nc1cc(F)c(Cl)cc1NCCCC1CC1. The molecule has 0 unspecified atom stereocenters. The fourth-order valence-corrected chi connectivity index (χ4v) is 1.90. The van der Waals surface area contributed by atoms with Gasteiger partial charge in [-0.3, -0.25) is 0 Å². The summed E-state index contributed by atoms with van der Waals surface area (Å²) in [6, 6.07) is 2.80. The van der Waals surface area contributed by atoms with E-state index >= 15 is 0 Å². The summed E-state index contributed by atoms with van der Waals surface area (Å²) in [6.07, 6.45) is 5.15. The van der Waals surface area contributed by atoms with Crippen LogP contribution in [-0.2, 0) is 0 Å². The zero-order valence-electron chi connectivity index (χ0n) is 9.10. The lowest BCUT2D eigenvalue weighted by Gasteiger charge is -2.10. The standard InChI is InChI=1S/C12H16ClFN2/c13-9-6-12(11(15)7-10(9)14)16-5-1-2-8-3-4-8/h6-8,16H,1-5,15H2. The molecule has 1 aromatic carbocycles. The highest BCUT2D eigenvalue weighted by Crippen LogP contribution is 2.33. The van der Waals surface area contributed by atoms with Gasteiger partial charge in [0.05, 0.1) is 16.4 Å². The van der Waals surface area contributed by atoms with Gasteiger partial charge in [-0.1, -0.05) is 24.4 Å². The number of hydrogen-bond acceptors (Lipinski definition) is 2. The normalized spacial score (nSPS) is 15.1. The van der Waals surface area contributed by atoms with Crippen molar-refractivity contribution in [3.8, 4) is 0 Å². The van der Waals surface area contributed by atoms with Crippen molar-refractivity contribution in [1.29, 1.82) is 0 Å². The molecular weight excluding hydrogens is 227 g/mol. The second-order valence-corrected chi connectivity index (χ2v) is 4.77. The summed E-state index contributed by atoms with van der Waals surface area (Å²) in [4.78, 5) is 0. The first kappa shape index (κ1) is 11.5. The summed E-state index contributed by atoms with van der Waals surface area (Å²) in [5, 5.41) is 3.30. The quantitative estimate of drug-likeness (QED) is 0.611. The number of anilines is 2. The van der Waals surface area contributed by atoms with Crippen LogP contribution < -0.4 is 11.1 Å². The van der Waals surface area contributed by atoms with Gasteiger partial charge in [0.25, 0.3) is 0 Å². The van der Waals surface area contributed by atoms with E-state index in [4.69, 9.17) is 17.3 Å². The molecule has 1 fully saturated rings. The van der Waals surface area contributed by atoms with Crippen molar-refractivity contribution in [2.45, 2.75) is 25.7 Å². The average molecular weight is 243 g/mol. The van der Waals surface area contributed by atoms with Gasteiger partial charge in [-0.2, -0.15) is 0 Å². The van der Waals surface area contributed by atoms with E-state index in [9.17, 15) is 4.39 Å². The largest absolute Gasteiger partial charge is 0.397 e. The van der Waals surface area contributed by atoms with Crippen molar-refractivity contribution in [3.05, 3.63) is 23.0 Å². The summed E-state index contributed by atoms with van der Waals surface area (Å²) < 4.78 is 13.0. The molecule has 1 aliphatic rings. The van der Waals surface area contributed by atoms with E-state index in [0.29, 0.717) is 5.69 Å².